The first-order valence-electron chi connectivity index (χ1n) is 6.27. The zero-order chi connectivity index (χ0) is 14.7. The summed E-state index contributed by atoms with van der Waals surface area (Å²) in [6.07, 6.45) is 2.25. The van der Waals surface area contributed by atoms with Crippen molar-refractivity contribution >= 4 is 11.6 Å². The average molecular weight is 297 g/mol. The summed E-state index contributed by atoms with van der Waals surface area (Å²) < 4.78 is 15.9. The van der Waals surface area contributed by atoms with E-state index in [2.05, 4.69) is 0 Å². The average Bonchev–Trinajstić information content (AvgIpc) is 2.42. The van der Waals surface area contributed by atoms with Crippen LogP contribution in [0, 0.1) is 5.82 Å². The first-order valence-corrected chi connectivity index (χ1v) is 6.65. The van der Waals surface area contributed by atoms with Gasteiger partial charge in [-0.25, -0.2) is 9.18 Å². The van der Waals surface area contributed by atoms with E-state index in [1.807, 2.05) is 6.92 Å². The van der Waals surface area contributed by atoms with E-state index in [0.717, 1.165) is 11.0 Å². The van der Waals surface area contributed by atoms with Gasteiger partial charge in [-0.3, -0.25) is 9.36 Å². The maximum atomic E-state index is 13.4. The summed E-state index contributed by atoms with van der Waals surface area (Å²) in [6, 6.07) is 5.64. The molecule has 0 bridgehead atoms. The molecule has 0 saturated carbocycles. The van der Waals surface area contributed by atoms with E-state index >= 15 is 0 Å². The third-order valence-corrected chi connectivity index (χ3v) is 3.39. The number of hydrogen-bond donors (Lipinski definition) is 0. The maximum absolute atomic E-state index is 13.4. The topological polar surface area (TPSA) is 44.0 Å². The van der Waals surface area contributed by atoms with Crippen molar-refractivity contribution in [2.75, 3.05) is 0 Å². The zero-order valence-electron chi connectivity index (χ0n) is 11.0. The Morgan fingerprint density at radius 3 is 2.70 bits per heavy atom. The highest BCUT2D eigenvalue weighted by molar-refractivity contribution is 6.31. The van der Waals surface area contributed by atoms with Crippen LogP contribution < -0.4 is 11.2 Å². The van der Waals surface area contributed by atoms with Gasteiger partial charge in [0.05, 0.1) is 11.6 Å². The van der Waals surface area contributed by atoms with Crippen molar-refractivity contribution in [2.24, 2.45) is 0 Å². The van der Waals surface area contributed by atoms with Gasteiger partial charge in [-0.2, -0.15) is 0 Å². The summed E-state index contributed by atoms with van der Waals surface area (Å²) in [5.41, 5.74) is -0.442. The molecule has 4 nitrogen and oxygen atoms in total. The third kappa shape index (κ3) is 2.82. The minimum Gasteiger partial charge on any atom is -0.300 e. The van der Waals surface area contributed by atoms with Crippen LogP contribution in [0.2, 0.25) is 5.02 Å². The molecule has 0 fully saturated rings. The Labute approximate surface area is 120 Å². The van der Waals surface area contributed by atoms with Crippen LogP contribution >= 0.6 is 11.6 Å². The SMILES string of the molecule is CCCn1ccc(=O)n(Cc2cccc(F)c2Cl)c1=O. The van der Waals surface area contributed by atoms with Gasteiger partial charge in [-0.15, -0.1) is 0 Å². The molecule has 6 heteroatoms. The monoisotopic (exact) mass is 296 g/mol. The van der Waals surface area contributed by atoms with Gasteiger partial charge >= 0.3 is 5.69 Å². The van der Waals surface area contributed by atoms with Crippen molar-refractivity contribution in [1.82, 2.24) is 9.13 Å². The van der Waals surface area contributed by atoms with Crippen molar-refractivity contribution in [2.45, 2.75) is 26.4 Å². The quantitative estimate of drug-likeness (QED) is 0.868. The zero-order valence-corrected chi connectivity index (χ0v) is 11.7. The molecule has 0 spiro atoms. The molecule has 0 atom stereocenters. The van der Waals surface area contributed by atoms with Crippen molar-refractivity contribution < 1.29 is 4.39 Å². The molecular formula is C14H14ClFN2O2. The number of aryl methyl sites for hydroxylation is 1. The van der Waals surface area contributed by atoms with Crippen LogP contribution in [0.1, 0.15) is 18.9 Å². The van der Waals surface area contributed by atoms with Crippen LogP contribution in [-0.2, 0) is 13.1 Å². The largest absolute Gasteiger partial charge is 0.331 e. The van der Waals surface area contributed by atoms with Gasteiger partial charge in [0, 0.05) is 18.8 Å². The van der Waals surface area contributed by atoms with Gasteiger partial charge in [0.1, 0.15) is 5.82 Å². The van der Waals surface area contributed by atoms with E-state index in [9.17, 15) is 14.0 Å². The number of benzene rings is 1. The Morgan fingerprint density at radius 1 is 1.25 bits per heavy atom. The fraction of sp³-hybridized carbons (Fsp3) is 0.286. The summed E-state index contributed by atoms with van der Waals surface area (Å²) >= 11 is 5.85. The highest BCUT2D eigenvalue weighted by Gasteiger charge is 2.10. The number of hydrogen-bond acceptors (Lipinski definition) is 2. The van der Waals surface area contributed by atoms with Gasteiger partial charge in [0.25, 0.3) is 5.56 Å². The summed E-state index contributed by atoms with van der Waals surface area (Å²) in [5.74, 6) is -0.568. The fourth-order valence-electron chi connectivity index (χ4n) is 1.95. The molecule has 0 aliphatic heterocycles. The number of halogens is 2. The normalized spacial score (nSPS) is 10.8. The Bertz CT molecular complexity index is 737. The summed E-state index contributed by atoms with van der Waals surface area (Å²) in [5, 5.41) is -0.0651. The minimum absolute atomic E-state index is 0.0428. The highest BCUT2D eigenvalue weighted by Crippen LogP contribution is 2.19. The standard InChI is InChI=1S/C14H14ClFN2O2/c1-2-7-17-8-6-12(19)18(14(17)20)9-10-4-3-5-11(16)13(10)15/h3-6,8H,2,7,9H2,1H3. The van der Waals surface area contributed by atoms with E-state index < -0.39 is 17.1 Å². The van der Waals surface area contributed by atoms with Gasteiger partial charge in [0.15, 0.2) is 0 Å². The second kappa shape index (κ2) is 6.05. The lowest BCUT2D eigenvalue weighted by Gasteiger charge is -2.10. The molecule has 0 saturated heterocycles. The maximum Gasteiger partial charge on any atom is 0.331 e. The molecule has 0 aliphatic carbocycles. The number of rotatable bonds is 4. The molecule has 2 aromatic rings. The third-order valence-electron chi connectivity index (χ3n) is 2.96. The molecule has 20 heavy (non-hydrogen) atoms. The Hall–Kier alpha value is -1.88. The molecule has 0 unspecified atom stereocenters. The van der Waals surface area contributed by atoms with E-state index in [-0.39, 0.29) is 11.6 Å². The van der Waals surface area contributed by atoms with Crippen LogP contribution in [0.4, 0.5) is 4.39 Å². The molecule has 1 aromatic heterocycles. The van der Waals surface area contributed by atoms with Gasteiger partial charge < -0.3 is 4.57 Å². The first kappa shape index (κ1) is 14.5. The summed E-state index contributed by atoms with van der Waals surface area (Å²) in [4.78, 5) is 24.0. The molecule has 1 heterocycles. The first-order chi connectivity index (χ1) is 9.54. The lowest BCUT2D eigenvalue weighted by Crippen LogP contribution is -2.39. The van der Waals surface area contributed by atoms with Crippen LogP contribution in [-0.4, -0.2) is 9.13 Å². The Morgan fingerprint density at radius 2 is 2.00 bits per heavy atom. The Kier molecular flexibility index (Phi) is 4.39. The number of nitrogens with zero attached hydrogens (tertiary/aromatic N) is 2. The lowest BCUT2D eigenvalue weighted by atomic mass is 10.2. The smallest absolute Gasteiger partial charge is 0.300 e. The van der Waals surface area contributed by atoms with E-state index in [4.69, 9.17) is 11.6 Å². The van der Waals surface area contributed by atoms with Gasteiger partial charge in [0.2, 0.25) is 0 Å². The van der Waals surface area contributed by atoms with Crippen molar-refractivity contribution in [3.05, 3.63) is 67.7 Å². The van der Waals surface area contributed by atoms with Gasteiger partial charge in [-0.1, -0.05) is 30.7 Å². The molecule has 0 radical (unpaired) electrons. The Balaban J connectivity index is 2.48. The molecule has 0 aliphatic rings. The molecular weight excluding hydrogens is 283 g/mol. The molecule has 0 amide bonds. The van der Waals surface area contributed by atoms with Crippen LogP contribution in [0.15, 0.2) is 40.1 Å². The van der Waals surface area contributed by atoms with Crippen molar-refractivity contribution in [3.8, 4) is 0 Å². The predicted octanol–water partition coefficient (Wildman–Crippen LogP) is 2.26. The fourth-order valence-corrected chi connectivity index (χ4v) is 2.14. The van der Waals surface area contributed by atoms with Crippen molar-refractivity contribution in [1.29, 1.82) is 0 Å². The van der Waals surface area contributed by atoms with E-state index in [1.165, 1.54) is 29.0 Å². The second-order valence-corrected chi connectivity index (χ2v) is 4.81. The van der Waals surface area contributed by atoms with E-state index in [0.29, 0.717) is 12.1 Å². The lowest BCUT2D eigenvalue weighted by molar-refractivity contribution is 0.568. The van der Waals surface area contributed by atoms with Crippen LogP contribution in [0.5, 0.6) is 0 Å². The van der Waals surface area contributed by atoms with E-state index in [1.54, 1.807) is 6.07 Å². The predicted molar refractivity (Wildman–Crippen MR) is 75.8 cm³/mol. The highest BCUT2D eigenvalue weighted by atomic mass is 35.5. The molecule has 0 N–H and O–H groups in total. The number of aromatic nitrogens is 2. The molecule has 2 rings (SSSR count). The van der Waals surface area contributed by atoms with Crippen LogP contribution in [0.25, 0.3) is 0 Å². The second-order valence-electron chi connectivity index (χ2n) is 4.43. The van der Waals surface area contributed by atoms with Crippen LogP contribution in [0.3, 0.4) is 0 Å². The summed E-state index contributed by atoms with van der Waals surface area (Å²) in [6.45, 7) is 2.42. The molecule has 106 valence electrons. The molecule has 1 aromatic carbocycles. The summed E-state index contributed by atoms with van der Waals surface area (Å²) in [7, 11) is 0. The van der Waals surface area contributed by atoms with Crippen molar-refractivity contribution in [3.63, 3.8) is 0 Å². The van der Waals surface area contributed by atoms with Gasteiger partial charge in [-0.05, 0) is 18.1 Å². The minimum atomic E-state index is -0.568.